The van der Waals surface area contributed by atoms with Crippen molar-refractivity contribution in [2.75, 3.05) is 32.7 Å². The fourth-order valence-corrected chi connectivity index (χ4v) is 3.57. The number of piperazine rings is 1. The molecule has 2 saturated heterocycles. The maximum atomic E-state index is 12.9. The van der Waals surface area contributed by atoms with Crippen molar-refractivity contribution in [2.24, 2.45) is 0 Å². The van der Waals surface area contributed by atoms with Crippen molar-refractivity contribution in [1.82, 2.24) is 15.1 Å². The van der Waals surface area contributed by atoms with E-state index in [1.165, 1.54) is 18.2 Å². The molecule has 1 unspecified atom stereocenters. The van der Waals surface area contributed by atoms with Gasteiger partial charge in [0.2, 0.25) is 5.91 Å². The van der Waals surface area contributed by atoms with Crippen LogP contribution in [0.4, 0.5) is 5.69 Å². The zero-order valence-corrected chi connectivity index (χ0v) is 15.5. The topological polar surface area (TPSA) is 95.8 Å². The Balaban J connectivity index is 0.00000243. The van der Waals surface area contributed by atoms with E-state index in [0.717, 1.165) is 19.4 Å². The van der Waals surface area contributed by atoms with Crippen LogP contribution in [-0.4, -0.2) is 65.3 Å². The van der Waals surface area contributed by atoms with Gasteiger partial charge in [-0.3, -0.25) is 19.7 Å². The zero-order valence-electron chi connectivity index (χ0n) is 14.6. The summed E-state index contributed by atoms with van der Waals surface area (Å²) in [5.74, 6) is -0.0447. The van der Waals surface area contributed by atoms with Gasteiger partial charge in [-0.1, -0.05) is 0 Å². The van der Waals surface area contributed by atoms with Crippen LogP contribution in [0.15, 0.2) is 18.2 Å². The van der Waals surface area contributed by atoms with Gasteiger partial charge < -0.3 is 15.1 Å². The third kappa shape index (κ3) is 4.13. The van der Waals surface area contributed by atoms with Crippen molar-refractivity contribution < 1.29 is 14.5 Å². The van der Waals surface area contributed by atoms with E-state index in [1.54, 1.807) is 11.8 Å². The Kier molecular flexibility index (Phi) is 6.55. The number of likely N-dealkylation sites (tertiary alicyclic amines) is 1. The molecule has 0 aliphatic carbocycles. The van der Waals surface area contributed by atoms with Crippen molar-refractivity contribution in [3.05, 3.63) is 39.4 Å². The number of aryl methyl sites for hydroxylation is 1. The molecule has 1 aromatic rings. The van der Waals surface area contributed by atoms with Crippen molar-refractivity contribution in [1.29, 1.82) is 0 Å². The molecule has 3 rings (SSSR count). The van der Waals surface area contributed by atoms with E-state index in [-0.39, 0.29) is 36.0 Å². The zero-order chi connectivity index (χ0) is 18.0. The van der Waals surface area contributed by atoms with E-state index in [4.69, 9.17) is 0 Å². The van der Waals surface area contributed by atoms with Crippen LogP contribution in [0.5, 0.6) is 0 Å². The third-order valence-electron chi connectivity index (χ3n) is 4.90. The number of rotatable bonds is 3. The van der Waals surface area contributed by atoms with Crippen LogP contribution in [0.25, 0.3) is 0 Å². The Morgan fingerprint density at radius 3 is 2.77 bits per heavy atom. The SMILES string of the molecule is Cc1cc([N+](=O)[O-])ccc1C(=O)N1CCCC(N2CCNCC2=O)C1.Cl. The number of nitro benzene ring substituents is 1. The molecule has 1 atom stereocenters. The first kappa shape index (κ1) is 20.1. The predicted molar refractivity (Wildman–Crippen MR) is 98.6 cm³/mol. The molecule has 8 nitrogen and oxygen atoms in total. The molecule has 0 saturated carbocycles. The van der Waals surface area contributed by atoms with Crippen LogP contribution >= 0.6 is 12.4 Å². The number of carbonyl (C=O) groups excluding carboxylic acids is 2. The number of benzene rings is 1. The van der Waals surface area contributed by atoms with Gasteiger partial charge >= 0.3 is 0 Å². The molecule has 0 bridgehead atoms. The molecule has 0 aromatic heterocycles. The highest BCUT2D eigenvalue weighted by Gasteiger charge is 2.32. The molecule has 142 valence electrons. The number of non-ortho nitro benzene ring substituents is 1. The summed E-state index contributed by atoms with van der Waals surface area (Å²) in [6.45, 7) is 4.67. The van der Waals surface area contributed by atoms with Gasteiger partial charge in [0.1, 0.15) is 0 Å². The molecule has 2 aliphatic heterocycles. The lowest BCUT2D eigenvalue weighted by Gasteiger charge is -2.41. The Morgan fingerprint density at radius 2 is 2.12 bits per heavy atom. The Morgan fingerprint density at radius 1 is 1.35 bits per heavy atom. The largest absolute Gasteiger partial charge is 0.337 e. The summed E-state index contributed by atoms with van der Waals surface area (Å²) < 4.78 is 0. The van der Waals surface area contributed by atoms with Crippen LogP contribution < -0.4 is 5.32 Å². The van der Waals surface area contributed by atoms with Crippen molar-refractivity contribution in [2.45, 2.75) is 25.8 Å². The number of halogens is 1. The predicted octanol–water partition coefficient (Wildman–Crippen LogP) is 1.36. The molecule has 2 fully saturated rings. The van der Waals surface area contributed by atoms with Crippen molar-refractivity contribution >= 4 is 29.9 Å². The highest BCUT2D eigenvalue weighted by atomic mass is 35.5. The van der Waals surface area contributed by atoms with E-state index in [2.05, 4.69) is 5.32 Å². The smallest absolute Gasteiger partial charge is 0.269 e. The maximum Gasteiger partial charge on any atom is 0.269 e. The third-order valence-corrected chi connectivity index (χ3v) is 4.90. The average Bonchev–Trinajstić information content (AvgIpc) is 2.61. The van der Waals surface area contributed by atoms with E-state index in [9.17, 15) is 19.7 Å². The molecule has 2 amide bonds. The summed E-state index contributed by atoms with van der Waals surface area (Å²) >= 11 is 0. The number of amides is 2. The number of nitrogens with zero attached hydrogens (tertiary/aromatic N) is 3. The van der Waals surface area contributed by atoms with Crippen molar-refractivity contribution in [3.8, 4) is 0 Å². The summed E-state index contributed by atoms with van der Waals surface area (Å²) in [6, 6.07) is 4.36. The first-order valence-corrected chi connectivity index (χ1v) is 8.52. The van der Waals surface area contributed by atoms with Crippen LogP contribution in [0.1, 0.15) is 28.8 Å². The lowest BCUT2D eigenvalue weighted by Crippen LogP contribution is -2.57. The van der Waals surface area contributed by atoms with E-state index < -0.39 is 4.92 Å². The maximum absolute atomic E-state index is 12.9. The Hall–Kier alpha value is -2.19. The first-order chi connectivity index (χ1) is 12.0. The van der Waals surface area contributed by atoms with E-state index in [1.807, 2.05) is 4.90 Å². The fraction of sp³-hybridized carbons (Fsp3) is 0.529. The van der Waals surface area contributed by atoms with Crippen molar-refractivity contribution in [3.63, 3.8) is 0 Å². The number of hydrogen-bond donors (Lipinski definition) is 1. The van der Waals surface area contributed by atoms with Gasteiger partial charge in [0.25, 0.3) is 11.6 Å². The Labute approximate surface area is 158 Å². The fourth-order valence-electron chi connectivity index (χ4n) is 3.57. The summed E-state index contributed by atoms with van der Waals surface area (Å²) in [5, 5.41) is 13.9. The van der Waals surface area contributed by atoms with Gasteiger partial charge in [-0.15, -0.1) is 12.4 Å². The number of piperidine rings is 1. The normalized spacial score (nSPS) is 20.5. The molecular formula is C17H23ClN4O4. The highest BCUT2D eigenvalue weighted by molar-refractivity contribution is 5.96. The summed E-state index contributed by atoms with van der Waals surface area (Å²) in [7, 11) is 0. The van der Waals surface area contributed by atoms with Gasteiger partial charge in [0, 0.05) is 49.9 Å². The first-order valence-electron chi connectivity index (χ1n) is 8.52. The monoisotopic (exact) mass is 382 g/mol. The second-order valence-corrected chi connectivity index (χ2v) is 6.57. The van der Waals surface area contributed by atoms with Gasteiger partial charge in [-0.05, 0) is 31.4 Å². The van der Waals surface area contributed by atoms with Gasteiger partial charge in [0.05, 0.1) is 11.5 Å². The molecule has 26 heavy (non-hydrogen) atoms. The minimum Gasteiger partial charge on any atom is -0.337 e. The van der Waals surface area contributed by atoms with Crippen LogP contribution in [-0.2, 0) is 4.79 Å². The summed E-state index contributed by atoms with van der Waals surface area (Å²) in [6.07, 6.45) is 1.74. The summed E-state index contributed by atoms with van der Waals surface area (Å²) in [4.78, 5) is 39.0. The van der Waals surface area contributed by atoms with E-state index >= 15 is 0 Å². The number of hydrogen-bond acceptors (Lipinski definition) is 5. The Bertz CT molecular complexity index is 712. The molecule has 2 aliphatic rings. The number of nitrogens with one attached hydrogen (secondary N) is 1. The number of nitro groups is 1. The van der Waals surface area contributed by atoms with E-state index in [0.29, 0.717) is 37.3 Å². The lowest BCUT2D eigenvalue weighted by atomic mass is 10.0. The molecule has 1 N–H and O–H groups in total. The van der Waals surface area contributed by atoms with Gasteiger partial charge in [0.15, 0.2) is 0 Å². The molecule has 0 radical (unpaired) electrons. The minimum absolute atomic E-state index is 0. The molecular weight excluding hydrogens is 360 g/mol. The number of carbonyl (C=O) groups is 2. The molecule has 0 spiro atoms. The second kappa shape index (κ2) is 8.46. The van der Waals surface area contributed by atoms with Gasteiger partial charge in [-0.2, -0.15) is 0 Å². The highest BCUT2D eigenvalue weighted by Crippen LogP contribution is 2.22. The van der Waals surface area contributed by atoms with Crippen LogP contribution in [0, 0.1) is 17.0 Å². The average molecular weight is 383 g/mol. The minimum atomic E-state index is -0.464. The standard InChI is InChI=1S/C17H22N4O4.ClH/c1-12-9-13(21(24)25)4-5-15(12)17(23)19-7-2-3-14(11-19)20-8-6-18-10-16(20)22;/h4-5,9,14,18H,2-3,6-8,10-11H2,1H3;1H. The second-order valence-electron chi connectivity index (χ2n) is 6.57. The summed E-state index contributed by atoms with van der Waals surface area (Å²) in [5.41, 5.74) is 1.06. The van der Waals surface area contributed by atoms with Gasteiger partial charge in [-0.25, -0.2) is 0 Å². The molecule has 2 heterocycles. The van der Waals surface area contributed by atoms with Crippen LogP contribution in [0.2, 0.25) is 0 Å². The molecule has 9 heteroatoms. The quantitative estimate of drug-likeness (QED) is 0.629. The lowest BCUT2D eigenvalue weighted by molar-refractivity contribution is -0.384. The van der Waals surface area contributed by atoms with Crippen LogP contribution in [0.3, 0.4) is 0 Å². The molecule has 1 aromatic carbocycles.